The van der Waals surface area contributed by atoms with E-state index >= 15 is 0 Å². The van der Waals surface area contributed by atoms with E-state index < -0.39 is 23.4 Å². The van der Waals surface area contributed by atoms with Gasteiger partial charge in [0.1, 0.15) is 5.54 Å². The second-order valence-electron chi connectivity index (χ2n) is 7.10. The lowest BCUT2D eigenvalue weighted by atomic mass is 9.82. The molecule has 0 radical (unpaired) electrons. The number of hydrogen-bond donors (Lipinski definition) is 2. The summed E-state index contributed by atoms with van der Waals surface area (Å²) in [5, 5.41) is 3.57. The fourth-order valence-corrected chi connectivity index (χ4v) is 3.63. The largest absolute Gasteiger partial charge is 0.490 e. The number of nitrogens with one attached hydrogen (secondary N) is 2. The number of amides is 4. The van der Waals surface area contributed by atoms with Gasteiger partial charge in [0, 0.05) is 5.56 Å². The maximum absolute atomic E-state index is 12.8. The van der Waals surface area contributed by atoms with Crippen LogP contribution in [-0.2, 0) is 4.79 Å². The summed E-state index contributed by atoms with van der Waals surface area (Å²) in [5.41, 5.74) is 1.83. The molecular weight excluding hydrogens is 362 g/mol. The normalized spacial score (nSPS) is 18.1. The number of hydrogen-bond acceptors (Lipinski definition) is 5. The van der Waals surface area contributed by atoms with Gasteiger partial charge in [0.2, 0.25) is 0 Å². The van der Waals surface area contributed by atoms with Crippen molar-refractivity contribution in [3.63, 3.8) is 0 Å². The average Bonchev–Trinajstić information content (AvgIpc) is 2.91. The van der Waals surface area contributed by atoms with Gasteiger partial charge in [-0.15, -0.1) is 0 Å². The van der Waals surface area contributed by atoms with E-state index in [-0.39, 0.29) is 5.56 Å². The Balaban J connectivity index is 1.74. The van der Waals surface area contributed by atoms with Gasteiger partial charge in [-0.05, 0) is 44.4 Å². The Hall–Kier alpha value is -2.77. The minimum absolute atomic E-state index is 0.275. The maximum atomic E-state index is 12.8. The van der Waals surface area contributed by atoms with Gasteiger partial charge >= 0.3 is 6.03 Å². The van der Waals surface area contributed by atoms with Crippen LogP contribution in [0.5, 0.6) is 11.5 Å². The Bertz CT molecular complexity index is 758. The molecular formula is C20H27N3O5. The number of hydrazine groups is 1. The number of nitrogens with zero attached hydrogens (tertiary/aromatic N) is 1. The van der Waals surface area contributed by atoms with E-state index in [0.29, 0.717) is 37.6 Å². The molecule has 0 bridgehead atoms. The van der Waals surface area contributed by atoms with Gasteiger partial charge in [-0.3, -0.25) is 15.0 Å². The molecule has 2 aliphatic rings. The van der Waals surface area contributed by atoms with Crippen LogP contribution in [-0.4, -0.2) is 41.6 Å². The molecule has 4 amide bonds. The monoisotopic (exact) mass is 389 g/mol. The fourth-order valence-electron chi connectivity index (χ4n) is 3.63. The Morgan fingerprint density at radius 3 is 2.57 bits per heavy atom. The first kappa shape index (κ1) is 20.0. The molecule has 1 aromatic rings. The first-order valence-electron chi connectivity index (χ1n) is 9.88. The molecule has 3 rings (SSSR count). The van der Waals surface area contributed by atoms with Crippen molar-refractivity contribution in [3.05, 3.63) is 23.8 Å². The summed E-state index contributed by atoms with van der Waals surface area (Å²) in [6.07, 6.45) is 4.85. The number of rotatable bonds is 7. The Kier molecular flexibility index (Phi) is 6.06. The van der Waals surface area contributed by atoms with Crippen LogP contribution in [0.1, 0.15) is 62.7 Å². The Morgan fingerprint density at radius 1 is 1.14 bits per heavy atom. The highest BCUT2D eigenvalue weighted by atomic mass is 16.5. The van der Waals surface area contributed by atoms with E-state index in [9.17, 15) is 14.4 Å². The number of urea groups is 1. The van der Waals surface area contributed by atoms with Crippen molar-refractivity contribution in [3.8, 4) is 11.5 Å². The van der Waals surface area contributed by atoms with Crippen molar-refractivity contribution in [2.24, 2.45) is 0 Å². The molecule has 1 aromatic carbocycles. The molecule has 152 valence electrons. The molecule has 1 heterocycles. The van der Waals surface area contributed by atoms with Crippen LogP contribution in [0.3, 0.4) is 0 Å². The van der Waals surface area contributed by atoms with E-state index in [1.54, 1.807) is 18.2 Å². The first-order valence-corrected chi connectivity index (χ1v) is 9.88. The number of carbonyl (C=O) groups excluding carboxylic acids is 3. The summed E-state index contributed by atoms with van der Waals surface area (Å²) in [6, 6.07) is 4.20. The molecule has 1 aliphatic heterocycles. The van der Waals surface area contributed by atoms with Gasteiger partial charge in [0.05, 0.1) is 13.2 Å². The predicted octanol–water partition coefficient (Wildman–Crippen LogP) is 2.77. The summed E-state index contributed by atoms with van der Waals surface area (Å²) in [4.78, 5) is 37.7. The average molecular weight is 389 g/mol. The zero-order chi connectivity index (χ0) is 20.1. The number of ether oxygens (including phenoxy) is 2. The molecule has 0 aromatic heterocycles. The van der Waals surface area contributed by atoms with Crippen molar-refractivity contribution in [2.75, 3.05) is 13.2 Å². The van der Waals surface area contributed by atoms with Gasteiger partial charge in [-0.25, -0.2) is 4.79 Å². The van der Waals surface area contributed by atoms with Gasteiger partial charge in [-0.2, -0.15) is 5.01 Å². The predicted molar refractivity (Wildman–Crippen MR) is 102 cm³/mol. The highest BCUT2D eigenvalue weighted by molar-refractivity contribution is 6.09. The topological polar surface area (TPSA) is 97.0 Å². The third kappa shape index (κ3) is 3.90. The molecule has 2 fully saturated rings. The molecule has 1 saturated heterocycles. The van der Waals surface area contributed by atoms with E-state index in [1.165, 1.54) is 0 Å². The minimum atomic E-state index is -0.878. The van der Waals surface area contributed by atoms with Gasteiger partial charge in [-0.1, -0.05) is 26.2 Å². The SMILES string of the molecule is CCCOc1ccc(C(=O)NN2C(=O)NC3(CCCCC3)C2=O)cc1OCC. The second-order valence-corrected chi connectivity index (χ2v) is 7.10. The van der Waals surface area contributed by atoms with Gasteiger partial charge < -0.3 is 14.8 Å². The van der Waals surface area contributed by atoms with Crippen molar-refractivity contribution < 1.29 is 23.9 Å². The minimum Gasteiger partial charge on any atom is -0.490 e. The van der Waals surface area contributed by atoms with Crippen molar-refractivity contribution in [2.45, 2.75) is 57.9 Å². The van der Waals surface area contributed by atoms with Crippen molar-refractivity contribution >= 4 is 17.8 Å². The van der Waals surface area contributed by atoms with E-state index in [4.69, 9.17) is 9.47 Å². The first-order chi connectivity index (χ1) is 13.5. The molecule has 0 unspecified atom stereocenters. The van der Waals surface area contributed by atoms with Crippen LogP contribution in [0.4, 0.5) is 4.79 Å². The van der Waals surface area contributed by atoms with Crippen LogP contribution in [0.2, 0.25) is 0 Å². The summed E-state index contributed by atoms with van der Waals surface area (Å²) >= 11 is 0. The summed E-state index contributed by atoms with van der Waals surface area (Å²) in [7, 11) is 0. The van der Waals surface area contributed by atoms with Crippen LogP contribution >= 0.6 is 0 Å². The smallest absolute Gasteiger partial charge is 0.344 e. The second kappa shape index (κ2) is 8.50. The third-order valence-corrected chi connectivity index (χ3v) is 5.05. The fraction of sp³-hybridized carbons (Fsp3) is 0.550. The summed E-state index contributed by atoms with van der Waals surface area (Å²) < 4.78 is 11.2. The molecule has 8 heteroatoms. The molecule has 1 spiro atoms. The van der Waals surface area contributed by atoms with E-state index in [2.05, 4.69) is 10.7 Å². The Morgan fingerprint density at radius 2 is 1.89 bits per heavy atom. The lowest BCUT2D eigenvalue weighted by molar-refractivity contribution is -0.134. The summed E-state index contributed by atoms with van der Waals surface area (Å²) in [5.74, 6) is 0.0544. The highest BCUT2D eigenvalue weighted by Gasteiger charge is 2.52. The number of imide groups is 1. The quantitative estimate of drug-likeness (QED) is 0.699. The highest BCUT2D eigenvalue weighted by Crippen LogP contribution is 2.33. The van der Waals surface area contributed by atoms with E-state index in [1.807, 2.05) is 13.8 Å². The van der Waals surface area contributed by atoms with Gasteiger partial charge in [0.15, 0.2) is 11.5 Å². The van der Waals surface area contributed by atoms with Crippen molar-refractivity contribution in [1.29, 1.82) is 0 Å². The maximum Gasteiger partial charge on any atom is 0.344 e. The third-order valence-electron chi connectivity index (χ3n) is 5.05. The zero-order valence-electron chi connectivity index (χ0n) is 16.4. The number of carbonyl (C=O) groups is 3. The van der Waals surface area contributed by atoms with E-state index in [0.717, 1.165) is 30.7 Å². The molecule has 2 N–H and O–H groups in total. The molecule has 8 nitrogen and oxygen atoms in total. The lowest BCUT2D eigenvalue weighted by Gasteiger charge is -2.30. The molecule has 1 aliphatic carbocycles. The molecule has 1 saturated carbocycles. The van der Waals surface area contributed by atoms with Crippen LogP contribution in [0, 0.1) is 0 Å². The van der Waals surface area contributed by atoms with Crippen LogP contribution in [0.15, 0.2) is 18.2 Å². The summed E-state index contributed by atoms with van der Waals surface area (Å²) in [6.45, 7) is 4.80. The number of benzene rings is 1. The van der Waals surface area contributed by atoms with Crippen LogP contribution in [0.25, 0.3) is 0 Å². The zero-order valence-corrected chi connectivity index (χ0v) is 16.4. The molecule has 0 atom stereocenters. The lowest BCUT2D eigenvalue weighted by Crippen LogP contribution is -2.50. The van der Waals surface area contributed by atoms with Crippen LogP contribution < -0.4 is 20.2 Å². The van der Waals surface area contributed by atoms with Crippen molar-refractivity contribution in [1.82, 2.24) is 15.8 Å². The standard InChI is InChI=1S/C20H27N3O5/c1-3-12-28-15-9-8-14(13-16(15)27-4-2)17(24)22-23-18(25)20(21-19(23)26)10-6-5-7-11-20/h8-9,13H,3-7,10-12H2,1-2H3,(H,21,26)(H,22,24). The Labute approximate surface area is 164 Å². The molecule has 28 heavy (non-hydrogen) atoms. The van der Waals surface area contributed by atoms with Gasteiger partial charge in [0.25, 0.3) is 11.8 Å².